The van der Waals surface area contributed by atoms with Gasteiger partial charge in [0.25, 0.3) is 0 Å². The highest BCUT2D eigenvalue weighted by atomic mass is 15.0. The van der Waals surface area contributed by atoms with E-state index in [-0.39, 0.29) is 0 Å². The predicted molar refractivity (Wildman–Crippen MR) is 67.6 cm³/mol. The van der Waals surface area contributed by atoms with Gasteiger partial charge in [-0.25, -0.2) is 0 Å². The van der Waals surface area contributed by atoms with Gasteiger partial charge in [-0.1, -0.05) is 25.1 Å². The van der Waals surface area contributed by atoms with Gasteiger partial charge in [-0.15, -0.1) is 0 Å². The summed E-state index contributed by atoms with van der Waals surface area (Å²) >= 11 is 0. The lowest BCUT2D eigenvalue weighted by atomic mass is 9.94. The molecule has 1 aliphatic rings. The Bertz CT molecular complexity index is 512. The first-order chi connectivity index (χ1) is 7.79. The number of benzene rings is 1. The van der Waals surface area contributed by atoms with Crippen LogP contribution >= 0.6 is 0 Å². The zero-order valence-corrected chi connectivity index (χ0v) is 9.88. The zero-order valence-electron chi connectivity index (χ0n) is 9.88. The van der Waals surface area contributed by atoms with Crippen LogP contribution in [0.4, 0.5) is 0 Å². The van der Waals surface area contributed by atoms with E-state index in [4.69, 9.17) is 0 Å². The summed E-state index contributed by atoms with van der Waals surface area (Å²) < 4.78 is 0. The summed E-state index contributed by atoms with van der Waals surface area (Å²) in [6.45, 7) is 4.51. The molecule has 0 bridgehead atoms. The molecule has 84 valence electrons. The first kappa shape index (κ1) is 9.91. The Balaban J connectivity index is 2.22. The van der Waals surface area contributed by atoms with Gasteiger partial charge in [0.1, 0.15) is 0 Å². The standard InChI is InChI=1S/C14H18N2/c1-3-12-14-11(8-9(2)15-12)10-6-4-5-7-13(10)16-14/h4-7,9,12,15-16H,3,8H2,1-2H3/t9-,12-/m1/s1. The molecule has 0 saturated carbocycles. The summed E-state index contributed by atoms with van der Waals surface area (Å²) in [6, 6.07) is 9.70. The molecule has 0 saturated heterocycles. The first-order valence-corrected chi connectivity index (χ1v) is 6.15. The van der Waals surface area contributed by atoms with E-state index < -0.39 is 0 Å². The third-order valence-electron chi connectivity index (χ3n) is 3.60. The van der Waals surface area contributed by atoms with E-state index in [0.29, 0.717) is 12.1 Å². The number of nitrogens with one attached hydrogen (secondary N) is 2. The van der Waals surface area contributed by atoms with Crippen LogP contribution in [0, 0.1) is 0 Å². The maximum absolute atomic E-state index is 3.65. The number of para-hydroxylation sites is 1. The van der Waals surface area contributed by atoms with E-state index in [1.54, 1.807) is 0 Å². The fraction of sp³-hybridized carbons (Fsp3) is 0.429. The molecule has 1 aliphatic heterocycles. The van der Waals surface area contributed by atoms with Crippen molar-refractivity contribution in [1.82, 2.24) is 10.3 Å². The SMILES string of the molecule is CC[C@H]1N[C@H](C)Cc2c1[nH]c1ccccc21. The van der Waals surface area contributed by atoms with Crippen LogP contribution < -0.4 is 5.32 Å². The Morgan fingerprint density at radius 2 is 2.12 bits per heavy atom. The van der Waals surface area contributed by atoms with Crippen molar-refractivity contribution >= 4 is 10.9 Å². The minimum absolute atomic E-state index is 0.492. The van der Waals surface area contributed by atoms with Crippen LogP contribution in [0.1, 0.15) is 37.6 Å². The van der Waals surface area contributed by atoms with Crippen molar-refractivity contribution < 1.29 is 0 Å². The summed E-state index contributed by atoms with van der Waals surface area (Å²) in [7, 11) is 0. The van der Waals surface area contributed by atoms with Gasteiger partial charge in [-0.05, 0) is 31.4 Å². The van der Waals surface area contributed by atoms with Crippen LogP contribution in [-0.2, 0) is 6.42 Å². The molecule has 2 nitrogen and oxygen atoms in total. The van der Waals surface area contributed by atoms with E-state index in [2.05, 4.69) is 48.4 Å². The van der Waals surface area contributed by atoms with Crippen molar-refractivity contribution in [3.05, 3.63) is 35.5 Å². The largest absolute Gasteiger partial charge is 0.357 e. The Kier molecular flexibility index (Phi) is 2.25. The number of fused-ring (bicyclic) bond motifs is 3. The minimum Gasteiger partial charge on any atom is -0.357 e. The van der Waals surface area contributed by atoms with Crippen LogP contribution in [0.15, 0.2) is 24.3 Å². The second kappa shape index (κ2) is 3.63. The molecule has 3 rings (SSSR count). The average Bonchev–Trinajstić information content (AvgIpc) is 2.67. The summed E-state index contributed by atoms with van der Waals surface area (Å²) in [4.78, 5) is 3.58. The van der Waals surface area contributed by atoms with Crippen molar-refractivity contribution in [3.63, 3.8) is 0 Å². The van der Waals surface area contributed by atoms with E-state index in [0.717, 1.165) is 12.8 Å². The molecule has 0 fully saturated rings. The van der Waals surface area contributed by atoms with Gasteiger partial charge in [0, 0.05) is 28.7 Å². The van der Waals surface area contributed by atoms with E-state index >= 15 is 0 Å². The highest BCUT2D eigenvalue weighted by Gasteiger charge is 2.25. The molecule has 0 spiro atoms. The average molecular weight is 214 g/mol. The van der Waals surface area contributed by atoms with Crippen LogP contribution in [0.2, 0.25) is 0 Å². The molecule has 0 unspecified atom stereocenters. The fourth-order valence-electron chi connectivity index (χ4n) is 2.85. The van der Waals surface area contributed by atoms with Gasteiger partial charge in [0.15, 0.2) is 0 Å². The summed E-state index contributed by atoms with van der Waals surface area (Å²) in [6.07, 6.45) is 2.28. The van der Waals surface area contributed by atoms with Crippen molar-refractivity contribution in [2.75, 3.05) is 0 Å². The molecule has 2 aromatic rings. The summed E-state index contributed by atoms with van der Waals surface area (Å²) in [5.74, 6) is 0. The maximum atomic E-state index is 3.65. The fourth-order valence-corrected chi connectivity index (χ4v) is 2.85. The monoisotopic (exact) mass is 214 g/mol. The number of hydrogen-bond acceptors (Lipinski definition) is 1. The molecule has 2 heterocycles. The Morgan fingerprint density at radius 3 is 2.94 bits per heavy atom. The first-order valence-electron chi connectivity index (χ1n) is 6.15. The van der Waals surface area contributed by atoms with Gasteiger partial charge in [-0.3, -0.25) is 0 Å². The minimum atomic E-state index is 0.492. The number of rotatable bonds is 1. The van der Waals surface area contributed by atoms with Crippen LogP contribution in [-0.4, -0.2) is 11.0 Å². The quantitative estimate of drug-likeness (QED) is 0.750. The molecule has 0 aliphatic carbocycles. The van der Waals surface area contributed by atoms with Crippen LogP contribution in [0.25, 0.3) is 10.9 Å². The third kappa shape index (κ3) is 1.37. The molecular weight excluding hydrogens is 196 g/mol. The van der Waals surface area contributed by atoms with E-state index in [1.807, 2.05) is 0 Å². The topological polar surface area (TPSA) is 27.8 Å². The van der Waals surface area contributed by atoms with Crippen molar-refractivity contribution in [1.29, 1.82) is 0 Å². The molecule has 0 radical (unpaired) electrons. The molecule has 16 heavy (non-hydrogen) atoms. The predicted octanol–water partition coefficient (Wildman–Crippen LogP) is 3.15. The van der Waals surface area contributed by atoms with Gasteiger partial charge in [0.05, 0.1) is 0 Å². The highest BCUT2D eigenvalue weighted by Crippen LogP contribution is 2.32. The molecule has 1 aromatic carbocycles. The second-order valence-electron chi connectivity index (χ2n) is 4.80. The van der Waals surface area contributed by atoms with Gasteiger partial charge < -0.3 is 10.3 Å². The van der Waals surface area contributed by atoms with E-state index in [1.165, 1.54) is 22.2 Å². The number of hydrogen-bond donors (Lipinski definition) is 2. The van der Waals surface area contributed by atoms with E-state index in [9.17, 15) is 0 Å². The Labute approximate surface area is 96.1 Å². The number of aromatic amines is 1. The normalized spacial score (nSPS) is 24.6. The summed E-state index contributed by atoms with van der Waals surface area (Å²) in [5, 5.41) is 5.06. The smallest absolute Gasteiger partial charge is 0.0475 e. The van der Waals surface area contributed by atoms with Crippen molar-refractivity contribution in [2.45, 2.75) is 38.8 Å². The molecule has 1 aromatic heterocycles. The van der Waals surface area contributed by atoms with Gasteiger partial charge >= 0.3 is 0 Å². The molecule has 2 N–H and O–H groups in total. The Hall–Kier alpha value is -1.28. The molecule has 2 atom stereocenters. The van der Waals surface area contributed by atoms with Gasteiger partial charge in [-0.2, -0.15) is 0 Å². The molecular formula is C14H18N2. The lowest BCUT2D eigenvalue weighted by Crippen LogP contribution is -2.36. The van der Waals surface area contributed by atoms with Crippen LogP contribution in [0.3, 0.4) is 0 Å². The molecule has 2 heteroatoms. The Morgan fingerprint density at radius 1 is 1.31 bits per heavy atom. The number of aromatic nitrogens is 1. The van der Waals surface area contributed by atoms with Crippen LogP contribution in [0.5, 0.6) is 0 Å². The van der Waals surface area contributed by atoms with Gasteiger partial charge in [0.2, 0.25) is 0 Å². The second-order valence-corrected chi connectivity index (χ2v) is 4.80. The van der Waals surface area contributed by atoms with Crippen molar-refractivity contribution in [3.8, 4) is 0 Å². The van der Waals surface area contributed by atoms with Crippen molar-refractivity contribution in [2.24, 2.45) is 0 Å². The molecule has 0 amide bonds. The lowest BCUT2D eigenvalue weighted by Gasteiger charge is -2.28. The third-order valence-corrected chi connectivity index (χ3v) is 3.60. The number of H-pyrrole nitrogens is 1. The maximum Gasteiger partial charge on any atom is 0.0475 e. The highest BCUT2D eigenvalue weighted by molar-refractivity contribution is 5.85. The zero-order chi connectivity index (χ0) is 11.1. The lowest BCUT2D eigenvalue weighted by molar-refractivity contribution is 0.410. The summed E-state index contributed by atoms with van der Waals surface area (Å²) in [5.41, 5.74) is 4.21.